The van der Waals surface area contributed by atoms with Crippen LogP contribution >= 0.6 is 0 Å². The van der Waals surface area contributed by atoms with E-state index < -0.39 is 15.9 Å². The summed E-state index contributed by atoms with van der Waals surface area (Å²) in [5.41, 5.74) is 2.65. The van der Waals surface area contributed by atoms with Crippen molar-refractivity contribution in [2.24, 2.45) is 0 Å². The summed E-state index contributed by atoms with van der Waals surface area (Å²) in [5, 5.41) is 2.93. The van der Waals surface area contributed by atoms with Crippen molar-refractivity contribution in [2.45, 2.75) is 24.2 Å². The van der Waals surface area contributed by atoms with Crippen molar-refractivity contribution in [3.63, 3.8) is 0 Å². The Labute approximate surface area is 188 Å². The maximum absolute atomic E-state index is 13.2. The number of anilines is 1. The second-order valence-electron chi connectivity index (χ2n) is 7.69. The van der Waals surface area contributed by atoms with Crippen LogP contribution in [0.15, 0.2) is 77.7 Å². The van der Waals surface area contributed by atoms with Gasteiger partial charge in [-0.3, -0.25) is 4.79 Å². The number of rotatable bonds is 6. The van der Waals surface area contributed by atoms with E-state index >= 15 is 0 Å². The molecule has 0 aliphatic carbocycles. The Kier molecular flexibility index (Phi) is 6.58. The number of sulfonamides is 1. The largest absolute Gasteiger partial charge is 0.496 e. The highest BCUT2D eigenvalue weighted by Crippen LogP contribution is 2.30. The van der Waals surface area contributed by atoms with Gasteiger partial charge in [0.1, 0.15) is 5.75 Å². The van der Waals surface area contributed by atoms with Gasteiger partial charge in [-0.2, -0.15) is 4.31 Å². The molecule has 1 aliphatic rings. The number of hydrogen-bond donors (Lipinski definition) is 1. The zero-order chi connectivity index (χ0) is 22.6. The standard InChI is InChI=1S/C25H26N2O4S/c1-31-24-15-14-20(32(29,30)27-16-8-3-9-17-27)18-22(24)25(28)26-23-13-7-6-12-21(23)19-10-4-2-5-11-19/h2,4-7,10-15,18H,3,8-9,16-17H2,1H3,(H,26,28). The third kappa shape index (κ3) is 4.54. The second kappa shape index (κ2) is 9.54. The van der Waals surface area contributed by atoms with Gasteiger partial charge in [-0.15, -0.1) is 0 Å². The Hall–Kier alpha value is -3.16. The van der Waals surface area contributed by atoms with Crippen LogP contribution in [0.2, 0.25) is 0 Å². The van der Waals surface area contributed by atoms with Crippen molar-refractivity contribution >= 4 is 21.6 Å². The molecule has 7 heteroatoms. The number of hydrogen-bond acceptors (Lipinski definition) is 4. The van der Waals surface area contributed by atoms with E-state index in [9.17, 15) is 13.2 Å². The number of piperidine rings is 1. The summed E-state index contributed by atoms with van der Waals surface area (Å²) in [6, 6.07) is 21.7. The molecule has 0 aromatic heterocycles. The minimum absolute atomic E-state index is 0.0988. The van der Waals surface area contributed by atoms with Gasteiger partial charge in [0.05, 0.1) is 17.6 Å². The fourth-order valence-corrected chi connectivity index (χ4v) is 5.47. The number of amides is 1. The second-order valence-corrected chi connectivity index (χ2v) is 9.63. The topological polar surface area (TPSA) is 75.7 Å². The van der Waals surface area contributed by atoms with E-state index in [4.69, 9.17) is 4.74 Å². The summed E-state index contributed by atoms with van der Waals surface area (Å²) in [5.74, 6) is -0.113. The highest BCUT2D eigenvalue weighted by molar-refractivity contribution is 7.89. The summed E-state index contributed by atoms with van der Waals surface area (Å²) < 4.78 is 33.1. The molecule has 1 aliphatic heterocycles. The van der Waals surface area contributed by atoms with E-state index in [0.29, 0.717) is 24.5 Å². The molecule has 1 heterocycles. The average Bonchev–Trinajstić information content (AvgIpc) is 2.85. The van der Waals surface area contributed by atoms with E-state index in [1.807, 2.05) is 54.6 Å². The van der Waals surface area contributed by atoms with Gasteiger partial charge in [-0.25, -0.2) is 8.42 Å². The first-order valence-corrected chi connectivity index (χ1v) is 12.1. The van der Waals surface area contributed by atoms with Crippen LogP contribution in [0.4, 0.5) is 5.69 Å². The molecule has 1 saturated heterocycles. The molecule has 1 fully saturated rings. The molecular formula is C25H26N2O4S. The Balaban J connectivity index is 1.67. The van der Waals surface area contributed by atoms with Crippen molar-refractivity contribution in [2.75, 3.05) is 25.5 Å². The third-order valence-electron chi connectivity index (χ3n) is 5.63. The lowest BCUT2D eigenvalue weighted by atomic mass is 10.0. The number of carbonyl (C=O) groups is 1. The van der Waals surface area contributed by atoms with E-state index in [1.165, 1.54) is 29.6 Å². The fraction of sp³-hybridized carbons (Fsp3) is 0.240. The smallest absolute Gasteiger partial charge is 0.259 e. The highest BCUT2D eigenvalue weighted by Gasteiger charge is 2.27. The monoisotopic (exact) mass is 450 g/mol. The van der Waals surface area contributed by atoms with Crippen LogP contribution in [0.5, 0.6) is 5.75 Å². The predicted octanol–water partition coefficient (Wildman–Crippen LogP) is 4.79. The first-order valence-electron chi connectivity index (χ1n) is 10.6. The molecule has 0 unspecified atom stereocenters. The van der Waals surface area contributed by atoms with Crippen molar-refractivity contribution in [1.82, 2.24) is 4.31 Å². The summed E-state index contributed by atoms with van der Waals surface area (Å²) in [7, 11) is -2.21. The zero-order valence-corrected chi connectivity index (χ0v) is 18.8. The molecule has 166 valence electrons. The van der Waals surface area contributed by atoms with Crippen molar-refractivity contribution in [3.8, 4) is 16.9 Å². The van der Waals surface area contributed by atoms with Crippen LogP contribution in [0.3, 0.4) is 0 Å². The van der Waals surface area contributed by atoms with Crippen molar-refractivity contribution in [1.29, 1.82) is 0 Å². The predicted molar refractivity (Wildman–Crippen MR) is 125 cm³/mol. The SMILES string of the molecule is COc1ccc(S(=O)(=O)N2CCCCC2)cc1C(=O)Nc1ccccc1-c1ccccc1. The highest BCUT2D eigenvalue weighted by atomic mass is 32.2. The van der Waals surface area contributed by atoms with E-state index in [2.05, 4.69) is 5.32 Å². The van der Waals surface area contributed by atoms with E-state index in [1.54, 1.807) is 0 Å². The maximum Gasteiger partial charge on any atom is 0.259 e. The number of nitrogens with one attached hydrogen (secondary N) is 1. The molecule has 1 amide bonds. The van der Waals surface area contributed by atoms with E-state index in [-0.39, 0.29) is 10.5 Å². The first kappa shape index (κ1) is 22.0. The fourth-order valence-electron chi connectivity index (χ4n) is 3.93. The van der Waals surface area contributed by atoms with Crippen molar-refractivity contribution in [3.05, 3.63) is 78.4 Å². The van der Waals surface area contributed by atoms with Crippen LogP contribution in [0.1, 0.15) is 29.6 Å². The summed E-state index contributed by atoms with van der Waals surface area (Å²) in [6.07, 6.45) is 2.72. The number of para-hydroxylation sites is 1. The van der Waals surface area contributed by atoms with Gasteiger partial charge in [-0.05, 0) is 42.7 Å². The Bertz CT molecular complexity index is 1200. The Morgan fingerprint density at radius 1 is 0.906 bits per heavy atom. The molecule has 1 N–H and O–H groups in total. The number of benzene rings is 3. The number of nitrogens with zero attached hydrogens (tertiary/aromatic N) is 1. The first-order chi connectivity index (χ1) is 15.5. The van der Waals surface area contributed by atoms with Crippen LogP contribution in [0.25, 0.3) is 11.1 Å². The number of carbonyl (C=O) groups excluding carboxylic acids is 1. The zero-order valence-electron chi connectivity index (χ0n) is 18.0. The molecule has 0 spiro atoms. The van der Waals surface area contributed by atoms with Gasteiger partial charge in [0, 0.05) is 24.3 Å². The number of methoxy groups -OCH3 is 1. The molecule has 3 aromatic rings. The molecule has 0 saturated carbocycles. The van der Waals surface area contributed by atoms with E-state index in [0.717, 1.165) is 30.4 Å². The molecule has 3 aromatic carbocycles. The quantitative estimate of drug-likeness (QED) is 0.586. The van der Waals surface area contributed by atoms with Crippen molar-refractivity contribution < 1.29 is 17.9 Å². The molecule has 6 nitrogen and oxygen atoms in total. The van der Waals surface area contributed by atoms with Gasteiger partial charge in [0.2, 0.25) is 10.0 Å². The Morgan fingerprint density at radius 3 is 2.31 bits per heavy atom. The van der Waals surface area contributed by atoms with Crippen LogP contribution in [-0.4, -0.2) is 38.8 Å². The average molecular weight is 451 g/mol. The van der Waals surface area contributed by atoms with Crippen LogP contribution in [-0.2, 0) is 10.0 Å². The lowest BCUT2D eigenvalue weighted by molar-refractivity contribution is 0.102. The molecule has 4 rings (SSSR count). The molecule has 0 bridgehead atoms. The lowest BCUT2D eigenvalue weighted by Gasteiger charge is -2.26. The van der Waals surface area contributed by atoms with Gasteiger partial charge < -0.3 is 10.1 Å². The minimum atomic E-state index is -3.67. The van der Waals surface area contributed by atoms with Crippen LogP contribution in [0, 0.1) is 0 Å². The normalized spacial score (nSPS) is 14.7. The summed E-state index contributed by atoms with van der Waals surface area (Å²) in [4.78, 5) is 13.3. The molecule has 0 radical (unpaired) electrons. The van der Waals surface area contributed by atoms with Gasteiger partial charge in [0.15, 0.2) is 0 Å². The lowest BCUT2D eigenvalue weighted by Crippen LogP contribution is -2.35. The number of ether oxygens (including phenoxy) is 1. The summed E-state index contributed by atoms with van der Waals surface area (Å²) >= 11 is 0. The van der Waals surface area contributed by atoms with Gasteiger partial charge in [0.25, 0.3) is 5.91 Å². The van der Waals surface area contributed by atoms with Gasteiger partial charge >= 0.3 is 0 Å². The van der Waals surface area contributed by atoms with Crippen LogP contribution < -0.4 is 10.1 Å². The molecule has 32 heavy (non-hydrogen) atoms. The third-order valence-corrected chi connectivity index (χ3v) is 7.52. The molecular weight excluding hydrogens is 424 g/mol. The van der Waals surface area contributed by atoms with Gasteiger partial charge in [-0.1, -0.05) is 55.0 Å². The minimum Gasteiger partial charge on any atom is -0.496 e. The Morgan fingerprint density at radius 2 is 1.59 bits per heavy atom. The summed E-state index contributed by atoms with van der Waals surface area (Å²) in [6.45, 7) is 1.00. The molecule has 0 atom stereocenters. The maximum atomic E-state index is 13.2.